The molecule has 0 heterocycles. The highest BCUT2D eigenvalue weighted by atomic mass is 19.1. The molecule has 3 atom stereocenters. The molecule has 2 nitrogen and oxygen atoms in total. The lowest BCUT2D eigenvalue weighted by atomic mass is 9.73. The van der Waals surface area contributed by atoms with Crippen molar-refractivity contribution in [2.24, 2.45) is 11.7 Å². The van der Waals surface area contributed by atoms with E-state index in [2.05, 4.69) is 6.92 Å². The lowest BCUT2D eigenvalue weighted by Gasteiger charge is -2.43. The van der Waals surface area contributed by atoms with Gasteiger partial charge < -0.3 is 10.5 Å². The highest BCUT2D eigenvalue weighted by molar-refractivity contribution is 5.28. The van der Waals surface area contributed by atoms with Crippen LogP contribution in [-0.2, 0) is 11.2 Å². The summed E-state index contributed by atoms with van der Waals surface area (Å²) in [6.07, 6.45) is 5.21. The molecule has 1 aliphatic carbocycles. The first kappa shape index (κ1) is 15.5. The van der Waals surface area contributed by atoms with Crippen LogP contribution in [0, 0.1) is 18.7 Å². The fourth-order valence-corrected chi connectivity index (χ4v) is 3.53. The van der Waals surface area contributed by atoms with Gasteiger partial charge in [-0.05, 0) is 55.4 Å². The molecule has 0 aliphatic heterocycles. The fourth-order valence-electron chi connectivity index (χ4n) is 3.53. The van der Waals surface area contributed by atoms with Crippen LogP contribution in [0.4, 0.5) is 4.39 Å². The van der Waals surface area contributed by atoms with Crippen molar-refractivity contribution >= 4 is 0 Å². The summed E-state index contributed by atoms with van der Waals surface area (Å²) in [6, 6.07) is 4.89. The van der Waals surface area contributed by atoms with Gasteiger partial charge in [-0.3, -0.25) is 0 Å². The molecule has 20 heavy (non-hydrogen) atoms. The number of nitrogens with two attached hydrogens (primary N) is 1. The zero-order valence-electron chi connectivity index (χ0n) is 12.8. The van der Waals surface area contributed by atoms with Gasteiger partial charge in [0.25, 0.3) is 0 Å². The Morgan fingerprint density at radius 1 is 1.50 bits per heavy atom. The van der Waals surface area contributed by atoms with E-state index in [0.717, 1.165) is 30.4 Å². The molecule has 0 saturated heterocycles. The van der Waals surface area contributed by atoms with Crippen LogP contribution < -0.4 is 5.73 Å². The van der Waals surface area contributed by atoms with Crippen LogP contribution in [-0.4, -0.2) is 18.8 Å². The SMILES string of the molecule is COC1(C(N)Cc2ccc(F)cc2C)CCCC(C)C1. The zero-order chi connectivity index (χ0) is 14.8. The third-order valence-corrected chi connectivity index (χ3v) is 4.82. The van der Waals surface area contributed by atoms with E-state index in [0.29, 0.717) is 5.92 Å². The Labute approximate surface area is 121 Å². The van der Waals surface area contributed by atoms with Crippen LogP contribution in [0.15, 0.2) is 18.2 Å². The van der Waals surface area contributed by atoms with Crippen molar-refractivity contribution in [1.82, 2.24) is 0 Å². The molecule has 2 N–H and O–H groups in total. The smallest absolute Gasteiger partial charge is 0.123 e. The molecular formula is C17H26FNO. The third-order valence-electron chi connectivity index (χ3n) is 4.82. The Balaban J connectivity index is 2.14. The molecule has 2 rings (SSSR count). The van der Waals surface area contributed by atoms with Gasteiger partial charge in [0.05, 0.1) is 5.60 Å². The maximum atomic E-state index is 13.2. The van der Waals surface area contributed by atoms with Crippen molar-refractivity contribution in [3.05, 3.63) is 35.1 Å². The summed E-state index contributed by atoms with van der Waals surface area (Å²) in [5.74, 6) is 0.469. The largest absolute Gasteiger partial charge is 0.377 e. The molecule has 0 spiro atoms. The van der Waals surface area contributed by atoms with E-state index in [9.17, 15) is 4.39 Å². The van der Waals surface area contributed by atoms with Gasteiger partial charge in [0.1, 0.15) is 5.82 Å². The predicted octanol–water partition coefficient (Wildman–Crippen LogP) is 3.60. The second-order valence-electron chi connectivity index (χ2n) is 6.35. The number of hydrogen-bond acceptors (Lipinski definition) is 2. The molecule has 0 bridgehead atoms. The van der Waals surface area contributed by atoms with E-state index in [1.54, 1.807) is 13.2 Å². The number of aryl methyl sites for hydroxylation is 1. The first-order valence-electron chi connectivity index (χ1n) is 7.52. The van der Waals surface area contributed by atoms with Crippen LogP contribution in [0.5, 0.6) is 0 Å². The number of hydrogen-bond donors (Lipinski definition) is 1. The Kier molecular flexibility index (Phi) is 4.82. The van der Waals surface area contributed by atoms with E-state index < -0.39 is 0 Å². The van der Waals surface area contributed by atoms with Gasteiger partial charge in [-0.1, -0.05) is 25.8 Å². The average molecular weight is 279 g/mol. The van der Waals surface area contributed by atoms with Gasteiger partial charge in [0.15, 0.2) is 0 Å². The Hall–Kier alpha value is -0.930. The predicted molar refractivity (Wildman–Crippen MR) is 80.2 cm³/mol. The second kappa shape index (κ2) is 6.23. The summed E-state index contributed by atoms with van der Waals surface area (Å²) in [5, 5.41) is 0. The molecule has 3 unspecified atom stereocenters. The normalized spacial score (nSPS) is 28.4. The summed E-state index contributed by atoms with van der Waals surface area (Å²) in [6.45, 7) is 4.21. The van der Waals surface area contributed by atoms with Gasteiger partial charge >= 0.3 is 0 Å². The van der Waals surface area contributed by atoms with Crippen molar-refractivity contribution in [3.8, 4) is 0 Å². The fraction of sp³-hybridized carbons (Fsp3) is 0.647. The lowest BCUT2D eigenvalue weighted by molar-refractivity contribution is -0.0705. The highest BCUT2D eigenvalue weighted by Gasteiger charge is 2.40. The lowest BCUT2D eigenvalue weighted by Crippen LogP contribution is -2.53. The monoisotopic (exact) mass is 279 g/mol. The van der Waals surface area contributed by atoms with Crippen molar-refractivity contribution in [3.63, 3.8) is 0 Å². The molecule has 1 aliphatic rings. The molecular weight excluding hydrogens is 253 g/mol. The van der Waals surface area contributed by atoms with Crippen LogP contribution >= 0.6 is 0 Å². The Morgan fingerprint density at radius 3 is 2.85 bits per heavy atom. The number of benzene rings is 1. The summed E-state index contributed by atoms with van der Waals surface area (Å²) >= 11 is 0. The van der Waals surface area contributed by atoms with Gasteiger partial charge in [-0.15, -0.1) is 0 Å². The first-order valence-corrected chi connectivity index (χ1v) is 7.52. The minimum absolute atomic E-state index is 0.0422. The molecule has 3 heteroatoms. The van der Waals surface area contributed by atoms with Crippen molar-refractivity contribution < 1.29 is 9.13 Å². The minimum Gasteiger partial charge on any atom is -0.377 e. The maximum Gasteiger partial charge on any atom is 0.123 e. The number of rotatable bonds is 4. The van der Waals surface area contributed by atoms with Crippen molar-refractivity contribution in [2.45, 2.75) is 57.6 Å². The summed E-state index contributed by atoms with van der Waals surface area (Å²) in [7, 11) is 1.77. The van der Waals surface area contributed by atoms with E-state index in [4.69, 9.17) is 10.5 Å². The van der Waals surface area contributed by atoms with E-state index >= 15 is 0 Å². The Bertz CT molecular complexity index is 462. The van der Waals surface area contributed by atoms with Crippen molar-refractivity contribution in [2.75, 3.05) is 7.11 Å². The van der Waals surface area contributed by atoms with Crippen LogP contribution in [0.2, 0.25) is 0 Å². The molecule has 0 radical (unpaired) electrons. The van der Waals surface area contributed by atoms with Gasteiger partial charge in [0.2, 0.25) is 0 Å². The number of methoxy groups -OCH3 is 1. The summed E-state index contributed by atoms with van der Waals surface area (Å²) in [4.78, 5) is 0. The molecule has 1 fully saturated rings. The van der Waals surface area contributed by atoms with Crippen LogP contribution in [0.1, 0.15) is 43.7 Å². The molecule has 1 aromatic rings. The van der Waals surface area contributed by atoms with E-state index in [1.807, 2.05) is 13.0 Å². The van der Waals surface area contributed by atoms with Crippen molar-refractivity contribution in [1.29, 1.82) is 0 Å². The quantitative estimate of drug-likeness (QED) is 0.914. The number of ether oxygens (including phenoxy) is 1. The molecule has 112 valence electrons. The zero-order valence-corrected chi connectivity index (χ0v) is 12.8. The number of halogens is 1. The average Bonchev–Trinajstić information content (AvgIpc) is 2.41. The molecule has 0 aromatic heterocycles. The first-order chi connectivity index (χ1) is 9.47. The molecule has 1 saturated carbocycles. The van der Waals surface area contributed by atoms with Gasteiger partial charge in [-0.2, -0.15) is 0 Å². The standard InChI is InChI=1S/C17H26FNO/c1-12-5-4-8-17(11-12,20-3)16(19)10-14-6-7-15(18)9-13(14)2/h6-7,9,12,16H,4-5,8,10-11,19H2,1-3H3. The van der Waals surface area contributed by atoms with E-state index in [-0.39, 0.29) is 17.5 Å². The maximum absolute atomic E-state index is 13.2. The second-order valence-corrected chi connectivity index (χ2v) is 6.35. The van der Waals surface area contributed by atoms with Crippen LogP contribution in [0.25, 0.3) is 0 Å². The highest BCUT2D eigenvalue weighted by Crippen LogP contribution is 2.37. The molecule has 1 aromatic carbocycles. The summed E-state index contributed by atoms with van der Waals surface area (Å²) in [5.41, 5.74) is 8.34. The summed E-state index contributed by atoms with van der Waals surface area (Å²) < 4.78 is 19.0. The Morgan fingerprint density at radius 2 is 2.25 bits per heavy atom. The topological polar surface area (TPSA) is 35.2 Å². The third kappa shape index (κ3) is 3.21. The van der Waals surface area contributed by atoms with E-state index in [1.165, 1.54) is 18.9 Å². The minimum atomic E-state index is -0.224. The van der Waals surface area contributed by atoms with Crippen LogP contribution in [0.3, 0.4) is 0 Å². The van der Waals surface area contributed by atoms with Gasteiger partial charge in [0, 0.05) is 13.2 Å². The molecule has 0 amide bonds. The van der Waals surface area contributed by atoms with Gasteiger partial charge in [-0.25, -0.2) is 4.39 Å².